The van der Waals surface area contributed by atoms with Gasteiger partial charge in [0.15, 0.2) is 0 Å². The van der Waals surface area contributed by atoms with Crippen molar-refractivity contribution in [2.45, 2.75) is 53.1 Å². The lowest BCUT2D eigenvalue weighted by molar-refractivity contribution is -0.136. The van der Waals surface area contributed by atoms with E-state index < -0.39 is 18.8 Å². The van der Waals surface area contributed by atoms with Gasteiger partial charge in [0.1, 0.15) is 23.7 Å². The van der Waals surface area contributed by atoms with Crippen molar-refractivity contribution in [3.8, 4) is 5.75 Å². The van der Waals surface area contributed by atoms with E-state index in [1.165, 1.54) is 0 Å². The van der Waals surface area contributed by atoms with Crippen LogP contribution in [-0.4, -0.2) is 17.5 Å². The van der Waals surface area contributed by atoms with Gasteiger partial charge >= 0.3 is 5.97 Å². The summed E-state index contributed by atoms with van der Waals surface area (Å²) in [4.78, 5) is 10.8. The Morgan fingerprint density at radius 1 is 1.10 bits per heavy atom. The molecular formula is C23H24F2O4. The van der Waals surface area contributed by atoms with Crippen molar-refractivity contribution in [3.05, 3.63) is 63.9 Å². The molecule has 1 aromatic heterocycles. The second-order valence-electron chi connectivity index (χ2n) is 7.31. The van der Waals surface area contributed by atoms with Crippen molar-refractivity contribution in [3.63, 3.8) is 0 Å². The number of benzene rings is 2. The first-order valence-electron chi connectivity index (χ1n) is 9.48. The predicted octanol–water partition coefficient (Wildman–Crippen LogP) is 5.76. The zero-order valence-corrected chi connectivity index (χ0v) is 16.7. The maximum absolute atomic E-state index is 12.7. The Bertz CT molecular complexity index is 1040. The predicted molar refractivity (Wildman–Crippen MR) is 107 cm³/mol. The Labute approximate surface area is 168 Å². The zero-order valence-electron chi connectivity index (χ0n) is 16.7. The Balaban J connectivity index is 1.82. The number of halogens is 2. The van der Waals surface area contributed by atoms with Gasteiger partial charge in [0, 0.05) is 17.4 Å². The minimum atomic E-state index is -2.46. The molecule has 0 aliphatic heterocycles. The van der Waals surface area contributed by atoms with Crippen LogP contribution in [0.4, 0.5) is 8.78 Å². The monoisotopic (exact) mass is 402 g/mol. The van der Waals surface area contributed by atoms with Crippen molar-refractivity contribution in [2.24, 2.45) is 0 Å². The molecule has 0 atom stereocenters. The van der Waals surface area contributed by atoms with Crippen molar-refractivity contribution in [1.29, 1.82) is 0 Å². The lowest BCUT2D eigenvalue weighted by atomic mass is 9.99. The van der Waals surface area contributed by atoms with Gasteiger partial charge in [-0.2, -0.15) is 0 Å². The average Bonchev–Trinajstić information content (AvgIpc) is 3.03. The first-order chi connectivity index (χ1) is 13.7. The van der Waals surface area contributed by atoms with Gasteiger partial charge in [-0.25, -0.2) is 8.78 Å². The number of rotatable bonds is 8. The molecule has 0 bridgehead atoms. The van der Waals surface area contributed by atoms with E-state index in [0.717, 1.165) is 33.2 Å². The number of carboxylic acids is 1. The molecule has 0 amide bonds. The van der Waals surface area contributed by atoms with Crippen LogP contribution in [0, 0.1) is 20.8 Å². The summed E-state index contributed by atoms with van der Waals surface area (Å²) in [6, 6.07) is 9.23. The Morgan fingerprint density at radius 3 is 2.55 bits per heavy atom. The van der Waals surface area contributed by atoms with E-state index in [2.05, 4.69) is 0 Å². The number of carboxylic acid groups (broad SMARTS) is 1. The highest BCUT2D eigenvalue weighted by Gasteiger charge is 2.15. The summed E-state index contributed by atoms with van der Waals surface area (Å²) in [5.41, 5.74) is 5.31. The minimum Gasteiger partial charge on any atom is -0.488 e. The standard InChI is InChI=1S/C23H24F2O4/c1-13-8-17-10-19(11-21(24)25)29-23(17)18(9-13)12-28-20-6-4-16(5-7-22(26)27)14(2)15(20)3/h4,6,8-10,21H,5,7,11-12H2,1-3H3,(H,26,27). The highest BCUT2D eigenvalue weighted by Crippen LogP contribution is 2.29. The maximum atomic E-state index is 12.7. The van der Waals surface area contributed by atoms with E-state index in [9.17, 15) is 13.6 Å². The normalized spacial score (nSPS) is 11.4. The molecule has 0 radical (unpaired) electrons. The van der Waals surface area contributed by atoms with Gasteiger partial charge < -0.3 is 14.3 Å². The van der Waals surface area contributed by atoms with E-state index in [1.807, 2.05) is 45.0 Å². The fourth-order valence-corrected chi connectivity index (χ4v) is 3.48. The molecule has 3 aromatic rings. The molecule has 6 heteroatoms. The molecule has 0 spiro atoms. The highest BCUT2D eigenvalue weighted by molar-refractivity contribution is 5.82. The van der Waals surface area contributed by atoms with E-state index in [0.29, 0.717) is 17.8 Å². The van der Waals surface area contributed by atoms with Crippen LogP contribution < -0.4 is 4.74 Å². The second-order valence-corrected chi connectivity index (χ2v) is 7.31. The number of alkyl halides is 2. The number of ether oxygens (including phenoxy) is 1. The smallest absolute Gasteiger partial charge is 0.303 e. The molecule has 29 heavy (non-hydrogen) atoms. The number of fused-ring (bicyclic) bond motifs is 1. The zero-order chi connectivity index (χ0) is 21.1. The topological polar surface area (TPSA) is 59.7 Å². The summed E-state index contributed by atoms with van der Waals surface area (Å²) in [6.45, 7) is 6.08. The SMILES string of the molecule is Cc1cc(COc2ccc(CCC(=O)O)c(C)c2C)c2oc(CC(F)F)cc2c1. The van der Waals surface area contributed by atoms with Crippen LogP contribution in [0.5, 0.6) is 5.75 Å². The number of carbonyl (C=O) groups is 1. The first-order valence-corrected chi connectivity index (χ1v) is 9.48. The molecule has 0 aliphatic rings. The van der Waals surface area contributed by atoms with Crippen LogP contribution in [0.3, 0.4) is 0 Å². The molecule has 154 valence electrons. The third kappa shape index (κ3) is 4.94. The second kappa shape index (κ2) is 8.64. The Kier molecular flexibility index (Phi) is 6.20. The number of aryl methyl sites for hydroxylation is 2. The molecular weight excluding hydrogens is 378 g/mol. The molecule has 0 saturated carbocycles. The number of furan rings is 1. The van der Waals surface area contributed by atoms with E-state index in [1.54, 1.807) is 6.07 Å². The number of hydrogen-bond acceptors (Lipinski definition) is 3. The summed E-state index contributed by atoms with van der Waals surface area (Å²) in [7, 11) is 0. The fraction of sp³-hybridized carbons (Fsp3) is 0.348. The Morgan fingerprint density at radius 2 is 1.86 bits per heavy atom. The van der Waals surface area contributed by atoms with Gasteiger partial charge in [0.25, 0.3) is 0 Å². The van der Waals surface area contributed by atoms with Crippen molar-refractivity contribution in [2.75, 3.05) is 0 Å². The third-order valence-corrected chi connectivity index (χ3v) is 5.09. The number of aliphatic carboxylic acids is 1. The van der Waals surface area contributed by atoms with Crippen LogP contribution in [-0.2, 0) is 24.2 Å². The van der Waals surface area contributed by atoms with Gasteiger partial charge in [-0.15, -0.1) is 0 Å². The minimum absolute atomic E-state index is 0.0845. The molecule has 1 N–H and O–H groups in total. The molecule has 0 unspecified atom stereocenters. The van der Waals surface area contributed by atoms with Crippen molar-refractivity contribution < 1.29 is 27.8 Å². The quantitative estimate of drug-likeness (QED) is 0.520. The molecule has 0 aliphatic carbocycles. The van der Waals surface area contributed by atoms with Gasteiger partial charge in [0.05, 0.1) is 6.42 Å². The molecule has 0 fully saturated rings. The lowest BCUT2D eigenvalue weighted by Gasteiger charge is -2.14. The van der Waals surface area contributed by atoms with Crippen LogP contribution in [0.15, 0.2) is 34.7 Å². The van der Waals surface area contributed by atoms with Gasteiger partial charge in [0.2, 0.25) is 6.43 Å². The van der Waals surface area contributed by atoms with Crippen LogP contribution in [0.25, 0.3) is 11.0 Å². The van der Waals surface area contributed by atoms with Gasteiger partial charge in [-0.1, -0.05) is 6.07 Å². The largest absolute Gasteiger partial charge is 0.488 e. The summed E-state index contributed by atoms with van der Waals surface area (Å²) >= 11 is 0. The molecule has 3 rings (SSSR count). The highest BCUT2D eigenvalue weighted by atomic mass is 19.3. The van der Waals surface area contributed by atoms with Crippen molar-refractivity contribution >= 4 is 16.9 Å². The third-order valence-electron chi connectivity index (χ3n) is 5.09. The summed E-state index contributed by atoms with van der Waals surface area (Å²) in [6.07, 6.45) is -2.31. The van der Waals surface area contributed by atoms with E-state index in [4.69, 9.17) is 14.3 Å². The summed E-state index contributed by atoms with van der Waals surface area (Å²) < 4.78 is 37.1. The lowest BCUT2D eigenvalue weighted by Crippen LogP contribution is -2.03. The van der Waals surface area contributed by atoms with Gasteiger partial charge in [-0.05, 0) is 73.7 Å². The molecule has 2 aromatic carbocycles. The van der Waals surface area contributed by atoms with E-state index in [-0.39, 0.29) is 18.8 Å². The van der Waals surface area contributed by atoms with Crippen LogP contribution in [0.2, 0.25) is 0 Å². The summed E-state index contributed by atoms with van der Waals surface area (Å²) in [5.74, 6) is 0.141. The fourth-order valence-electron chi connectivity index (χ4n) is 3.48. The molecule has 0 saturated heterocycles. The van der Waals surface area contributed by atoms with Crippen LogP contribution in [0.1, 0.15) is 40.0 Å². The number of hydrogen-bond donors (Lipinski definition) is 1. The Hall–Kier alpha value is -2.89. The van der Waals surface area contributed by atoms with E-state index >= 15 is 0 Å². The molecule has 4 nitrogen and oxygen atoms in total. The van der Waals surface area contributed by atoms with Crippen LogP contribution >= 0.6 is 0 Å². The first kappa shape index (κ1) is 20.8. The summed E-state index contributed by atoms with van der Waals surface area (Å²) in [5, 5.41) is 9.67. The van der Waals surface area contributed by atoms with Gasteiger partial charge in [-0.3, -0.25) is 4.79 Å². The van der Waals surface area contributed by atoms with Crippen molar-refractivity contribution in [1.82, 2.24) is 0 Å². The maximum Gasteiger partial charge on any atom is 0.303 e. The average molecular weight is 402 g/mol. The molecule has 1 heterocycles.